The van der Waals surface area contributed by atoms with Gasteiger partial charge < -0.3 is 14.0 Å². The molecule has 0 amide bonds. The van der Waals surface area contributed by atoms with Gasteiger partial charge >= 0.3 is 13.1 Å². The zero-order valence-electron chi connectivity index (χ0n) is 17.2. The van der Waals surface area contributed by atoms with E-state index in [9.17, 15) is 4.79 Å². The Kier molecular flexibility index (Phi) is 6.29. The molecule has 0 spiro atoms. The first-order chi connectivity index (χ1) is 13.9. The first kappa shape index (κ1) is 22.7. The van der Waals surface area contributed by atoms with Gasteiger partial charge in [-0.1, -0.05) is 34.5 Å². The summed E-state index contributed by atoms with van der Waals surface area (Å²) in [7, 11) is -0.00156. The number of aromatic nitrogens is 3. The minimum atomic E-state index is -1.24. The molecular weight excluding hydrogens is 435 g/mol. The van der Waals surface area contributed by atoms with Gasteiger partial charge in [-0.25, -0.2) is 13.9 Å². The highest BCUT2D eigenvalue weighted by atomic mass is 35.5. The lowest BCUT2D eigenvalue weighted by Gasteiger charge is -2.32. The van der Waals surface area contributed by atoms with Crippen LogP contribution in [0.15, 0.2) is 30.1 Å². The Balaban J connectivity index is 2.05. The number of hydrogen-bond acceptors (Lipinski definition) is 6. The molecule has 0 bridgehead atoms. The molecule has 1 fully saturated rings. The van der Waals surface area contributed by atoms with E-state index in [1.165, 1.54) is 24.1 Å². The van der Waals surface area contributed by atoms with E-state index in [2.05, 4.69) is 15.0 Å². The number of allylic oxidation sites excluding steroid dienone is 1. The van der Waals surface area contributed by atoms with Crippen LogP contribution in [0.5, 0.6) is 0 Å². The average Bonchev–Trinajstić information content (AvgIpc) is 3.21. The Hall–Kier alpha value is -1.94. The zero-order valence-corrected chi connectivity index (χ0v) is 18.7. The van der Waals surface area contributed by atoms with Crippen molar-refractivity contribution in [1.29, 1.82) is 0 Å². The second-order valence-corrected chi connectivity index (χ2v) is 8.68. The molecule has 1 aromatic heterocycles. The van der Waals surface area contributed by atoms with E-state index < -0.39 is 30.0 Å². The standard InChI is InChI=1S/C19H21BCl2FN3O4/c1-18(2)19(3,4)30-20(29-18)16(23)13(12-7-6-11(21)8-14(12)22)9-26-10-15(24-25-26)17(27)28-5/h6-8,10H,9H2,1-5H3. The molecule has 0 unspecified atom stereocenters. The van der Waals surface area contributed by atoms with Crippen molar-refractivity contribution in [3.05, 3.63) is 51.4 Å². The third-order valence-electron chi connectivity index (χ3n) is 5.26. The lowest BCUT2D eigenvalue weighted by molar-refractivity contribution is 0.00578. The molecule has 1 aliphatic rings. The Morgan fingerprint density at radius 3 is 2.43 bits per heavy atom. The molecule has 0 atom stereocenters. The Morgan fingerprint density at radius 1 is 1.23 bits per heavy atom. The number of methoxy groups -OCH3 is 1. The lowest BCUT2D eigenvalue weighted by atomic mass is 9.82. The van der Waals surface area contributed by atoms with Gasteiger partial charge in [0, 0.05) is 21.2 Å². The van der Waals surface area contributed by atoms with E-state index in [0.717, 1.165) is 0 Å². The van der Waals surface area contributed by atoms with E-state index in [4.69, 9.17) is 32.5 Å². The second kappa shape index (κ2) is 8.30. The number of nitrogens with zero attached hydrogens (tertiary/aromatic N) is 3. The molecule has 0 saturated carbocycles. The summed E-state index contributed by atoms with van der Waals surface area (Å²) in [6, 6.07) is 4.71. The van der Waals surface area contributed by atoms with Gasteiger partial charge in [-0.3, -0.25) is 0 Å². The van der Waals surface area contributed by atoms with Crippen LogP contribution >= 0.6 is 23.2 Å². The maximum atomic E-state index is 15.7. The van der Waals surface area contributed by atoms with Crippen LogP contribution in [-0.4, -0.2) is 46.4 Å². The molecule has 1 saturated heterocycles. The summed E-state index contributed by atoms with van der Waals surface area (Å²) < 4.78 is 33.4. The largest absolute Gasteiger partial charge is 0.525 e. The molecule has 160 valence electrons. The first-order valence-corrected chi connectivity index (χ1v) is 9.89. The van der Waals surface area contributed by atoms with Crippen molar-refractivity contribution >= 4 is 41.9 Å². The summed E-state index contributed by atoms with van der Waals surface area (Å²) >= 11 is 12.3. The highest BCUT2D eigenvalue weighted by Crippen LogP contribution is 2.41. The Bertz CT molecular complexity index is 993. The van der Waals surface area contributed by atoms with Crippen LogP contribution in [0.4, 0.5) is 4.39 Å². The van der Waals surface area contributed by atoms with E-state index in [1.54, 1.807) is 12.1 Å². The minimum Gasteiger partial charge on any atom is -0.464 e. The van der Waals surface area contributed by atoms with Gasteiger partial charge in [0.05, 0.1) is 31.1 Å². The summed E-state index contributed by atoms with van der Waals surface area (Å²) in [6.45, 7) is 7.23. The Labute approximate surface area is 184 Å². The summed E-state index contributed by atoms with van der Waals surface area (Å²) in [5.41, 5.74) is -1.56. The van der Waals surface area contributed by atoms with E-state index in [1.807, 2.05) is 27.7 Å². The molecule has 1 aliphatic heterocycles. The number of hydrogen-bond donors (Lipinski definition) is 0. The average molecular weight is 456 g/mol. The number of carbonyl (C=O) groups excluding carboxylic acids is 1. The number of carbonyl (C=O) groups is 1. The van der Waals surface area contributed by atoms with Gasteiger partial charge in [0.2, 0.25) is 0 Å². The highest BCUT2D eigenvalue weighted by molar-refractivity contribution is 6.55. The molecule has 2 aromatic rings. The van der Waals surface area contributed by atoms with Crippen molar-refractivity contribution in [3.63, 3.8) is 0 Å². The van der Waals surface area contributed by atoms with Crippen molar-refractivity contribution in [1.82, 2.24) is 15.0 Å². The summed E-state index contributed by atoms with van der Waals surface area (Å²) in [5.74, 6) is -0.650. The van der Waals surface area contributed by atoms with Gasteiger partial charge in [0.15, 0.2) is 5.69 Å². The van der Waals surface area contributed by atoms with Crippen molar-refractivity contribution < 1.29 is 23.2 Å². The molecule has 30 heavy (non-hydrogen) atoms. The van der Waals surface area contributed by atoms with E-state index >= 15 is 4.39 Å². The highest BCUT2D eigenvalue weighted by Gasteiger charge is 2.53. The fourth-order valence-electron chi connectivity index (χ4n) is 2.85. The van der Waals surface area contributed by atoms with Gasteiger partial charge in [0.1, 0.15) is 5.73 Å². The van der Waals surface area contributed by atoms with Crippen molar-refractivity contribution in [2.24, 2.45) is 0 Å². The van der Waals surface area contributed by atoms with Crippen LogP contribution in [0.1, 0.15) is 43.7 Å². The SMILES string of the molecule is COC(=O)c1cn(CC(=C(F)B2OC(C)(C)C(C)(C)O2)c2ccc(Cl)cc2Cl)nn1. The van der Waals surface area contributed by atoms with Crippen molar-refractivity contribution in [3.8, 4) is 0 Å². The smallest absolute Gasteiger partial charge is 0.464 e. The molecule has 11 heteroatoms. The zero-order chi connectivity index (χ0) is 22.3. The first-order valence-electron chi connectivity index (χ1n) is 9.13. The topological polar surface area (TPSA) is 75.5 Å². The summed E-state index contributed by atoms with van der Waals surface area (Å²) in [6.07, 6.45) is 1.35. The predicted octanol–water partition coefficient (Wildman–Crippen LogP) is 4.38. The van der Waals surface area contributed by atoms with Crippen LogP contribution < -0.4 is 0 Å². The Morgan fingerprint density at radius 2 is 1.87 bits per heavy atom. The number of rotatable bonds is 5. The van der Waals surface area contributed by atoms with Gasteiger partial charge in [0.25, 0.3) is 0 Å². The fraction of sp³-hybridized carbons (Fsp3) is 0.421. The predicted molar refractivity (Wildman–Crippen MR) is 112 cm³/mol. The van der Waals surface area contributed by atoms with Gasteiger partial charge in [-0.15, -0.1) is 5.10 Å². The van der Waals surface area contributed by atoms with Crippen LogP contribution in [-0.2, 0) is 20.6 Å². The number of benzene rings is 1. The number of esters is 1. The molecule has 3 rings (SSSR count). The van der Waals surface area contributed by atoms with Crippen molar-refractivity contribution in [2.45, 2.75) is 45.4 Å². The molecule has 7 nitrogen and oxygen atoms in total. The molecule has 0 radical (unpaired) electrons. The van der Waals surface area contributed by atoms with Gasteiger partial charge in [-0.2, -0.15) is 0 Å². The van der Waals surface area contributed by atoms with Crippen LogP contribution in [0.3, 0.4) is 0 Å². The van der Waals surface area contributed by atoms with E-state index in [0.29, 0.717) is 10.6 Å². The minimum absolute atomic E-state index is 0.00454. The summed E-state index contributed by atoms with van der Waals surface area (Å²) in [4.78, 5) is 11.7. The second-order valence-electron chi connectivity index (χ2n) is 7.83. The van der Waals surface area contributed by atoms with Gasteiger partial charge in [-0.05, 0) is 39.8 Å². The maximum Gasteiger partial charge on any atom is 0.525 e. The third kappa shape index (κ3) is 4.39. The molecule has 2 heterocycles. The lowest BCUT2D eigenvalue weighted by Crippen LogP contribution is -2.41. The molecule has 0 aliphatic carbocycles. The van der Waals surface area contributed by atoms with Crippen LogP contribution in [0.25, 0.3) is 5.57 Å². The molecule has 0 N–H and O–H groups in total. The molecule has 1 aromatic carbocycles. The summed E-state index contributed by atoms with van der Waals surface area (Å²) in [5, 5.41) is 8.29. The quantitative estimate of drug-likeness (QED) is 0.491. The van der Waals surface area contributed by atoms with E-state index in [-0.39, 0.29) is 22.8 Å². The van der Waals surface area contributed by atoms with Crippen molar-refractivity contribution in [2.75, 3.05) is 7.11 Å². The fourth-order valence-corrected chi connectivity index (χ4v) is 3.37. The van der Waals surface area contributed by atoms with Crippen LogP contribution in [0.2, 0.25) is 10.0 Å². The normalized spacial score (nSPS) is 18.3. The van der Waals surface area contributed by atoms with Crippen LogP contribution in [0, 0.1) is 0 Å². The maximum absolute atomic E-state index is 15.7. The third-order valence-corrected chi connectivity index (χ3v) is 5.81. The number of halogens is 3. The molecular formula is C19H21BCl2FN3O4. The monoisotopic (exact) mass is 455 g/mol. The number of ether oxygens (including phenoxy) is 1.